The SMILES string of the molecule is CNCC1CCCN1C(=O)C=C(C)Cc1ccccc1OC. The number of likely N-dealkylation sites (N-methyl/N-ethyl adjacent to an activating group) is 1. The van der Waals surface area contributed by atoms with Crippen LogP contribution in [0.1, 0.15) is 25.3 Å². The number of amides is 1. The summed E-state index contributed by atoms with van der Waals surface area (Å²) < 4.78 is 5.37. The van der Waals surface area contributed by atoms with Crippen molar-refractivity contribution in [3.05, 3.63) is 41.5 Å². The molecule has 0 aliphatic carbocycles. The molecule has 1 heterocycles. The van der Waals surface area contributed by atoms with Gasteiger partial charge in [-0.3, -0.25) is 4.79 Å². The highest BCUT2D eigenvalue weighted by Gasteiger charge is 2.26. The lowest BCUT2D eigenvalue weighted by Crippen LogP contribution is -2.40. The maximum atomic E-state index is 12.5. The number of nitrogens with one attached hydrogen (secondary N) is 1. The molecule has 1 amide bonds. The Morgan fingerprint density at radius 3 is 2.95 bits per heavy atom. The number of rotatable bonds is 6. The fraction of sp³-hybridized carbons (Fsp3) is 0.500. The van der Waals surface area contributed by atoms with Crippen molar-refractivity contribution in [3.63, 3.8) is 0 Å². The maximum Gasteiger partial charge on any atom is 0.246 e. The lowest BCUT2D eigenvalue weighted by molar-refractivity contribution is -0.126. The van der Waals surface area contributed by atoms with Crippen LogP contribution in [-0.4, -0.2) is 44.1 Å². The molecule has 2 rings (SSSR count). The van der Waals surface area contributed by atoms with Gasteiger partial charge in [0.05, 0.1) is 7.11 Å². The van der Waals surface area contributed by atoms with Gasteiger partial charge in [0.15, 0.2) is 0 Å². The molecule has 4 nitrogen and oxygen atoms in total. The summed E-state index contributed by atoms with van der Waals surface area (Å²) in [4.78, 5) is 14.5. The highest BCUT2D eigenvalue weighted by atomic mass is 16.5. The van der Waals surface area contributed by atoms with Crippen molar-refractivity contribution >= 4 is 5.91 Å². The number of para-hydroxylation sites is 1. The molecule has 1 aliphatic heterocycles. The number of nitrogens with zero attached hydrogens (tertiary/aromatic N) is 1. The first-order valence-electron chi connectivity index (χ1n) is 7.90. The van der Waals surface area contributed by atoms with E-state index in [2.05, 4.69) is 5.32 Å². The molecule has 1 unspecified atom stereocenters. The van der Waals surface area contributed by atoms with Crippen molar-refractivity contribution in [1.82, 2.24) is 10.2 Å². The highest BCUT2D eigenvalue weighted by molar-refractivity contribution is 5.88. The Hall–Kier alpha value is -1.81. The van der Waals surface area contributed by atoms with Gasteiger partial charge in [-0.1, -0.05) is 23.8 Å². The van der Waals surface area contributed by atoms with E-state index >= 15 is 0 Å². The fourth-order valence-electron chi connectivity index (χ4n) is 3.07. The first-order chi connectivity index (χ1) is 10.7. The lowest BCUT2D eigenvalue weighted by Gasteiger charge is -2.23. The number of ether oxygens (including phenoxy) is 1. The summed E-state index contributed by atoms with van der Waals surface area (Å²) in [6, 6.07) is 8.27. The van der Waals surface area contributed by atoms with Crippen LogP contribution in [0, 0.1) is 0 Å². The molecule has 22 heavy (non-hydrogen) atoms. The van der Waals surface area contributed by atoms with Crippen LogP contribution >= 0.6 is 0 Å². The molecular weight excluding hydrogens is 276 g/mol. The second kappa shape index (κ2) is 7.99. The van der Waals surface area contributed by atoms with Gasteiger partial charge < -0.3 is 15.0 Å². The minimum Gasteiger partial charge on any atom is -0.496 e. The Labute approximate surface area is 133 Å². The molecule has 4 heteroatoms. The average molecular weight is 302 g/mol. The van der Waals surface area contributed by atoms with Crippen molar-refractivity contribution in [2.75, 3.05) is 27.2 Å². The number of hydrogen-bond donors (Lipinski definition) is 1. The van der Waals surface area contributed by atoms with Gasteiger partial charge in [-0.05, 0) is 44.9 Å². The van der Waals surface area contributed by atoms with Crippen LogP contribution in [0.2, 0.25) is 0 Å². The smallest absolute Gasteiger partial charge is 0.246 e. The molecule has 0 bridgehead atoms. The number of carbonyl (C=O) groups excluding carboxylic acids is 1. The Bertz CT molecular complexity index is 540. The zero-order chi connectivity index (χ0) is 15.9. The van der Waals surface area contributed by atoms with Crippen LogP contribution in [0.15, 0.2) is 35.9 Å². The van der Waals surface area contributed by atoms with Crippen LogP contribution in [-0.2, 0) is 11.2 Å². The standard InChI is InChI=1S/C18H26N2O2/c1-14(11-15-7-4-5-9-17(15)22-3)12-18(21)20-10-6-8-16(20)13-19-2/h4-5,7,9,12,16,19H,6,8,10-11,13H2,1-3H3. The van der Waals surface area contributed by atoms with E-state index in [0.29, 0.717) is 6.04 Å². The minimum atomic E-state index is 0.130. The van der Waals surface area contributed by atoms with E-state index in [1.54, 1.807) is 13.2 Å². The first kappa shape index (κ1) is 16.6. The number of carbonyl (C=O) groups is 1. The topological polar surface area (TPSA) is 41.6 Å². The predicted octanol–water partition coefficient (Wildman–Crippen LogP) is 2.39. The summed E-state index contributed by atoms with van der Waals surface area (Å²) in [5.74, 6) is 1.00. The van der Waals surface area contributed by atoms with Crippen LogP contribution in [0.4, 0.5) is 0 Å². The van der Waals surface area contributed by atoms with Gasteiger partial charge in [0.2, 0.25) is 5.91 Å². The molecule has 120 valence electrons. The number of methoxy groups -OCH3 is 1. The maximum absolute atomic E-state index is 12.5. The Morgan fingerprint density at radius 2 is 2.23 bits per heavy atom. The molecule has 1 saturated heterocycles. The third kappa shape index (κ3) is 4.10. The number of hydrogen-bond acceptors (Lipinski definition) is 3. The average Bonchev–Trinajstić information content (AvgIpc) is 2.96. The third-order valence-corrected chi connectivity index (χ3v) is 4.13. The molecule has 1 N–H and O–H groups in total. The minimum absolute atomic E-state index is 0.130. The molecule has 1 aromatic carbocycles. The van der Waals surface area contributed by atoms with Gasteiger partial charge in [0.1, 0.15) is 5.75 Å². The zero-order valence-electron chi connectivity index (χ0n) is 13.8. The van der Waals surface area contributed by atoms with Crippen molar-refractivity contribution < 1.29 is 9.53 Å². The highest BCUT2D eigenvalue weighted by Crippen LogP contribution is 2.22. The van der Waals surface area contributed by atoms with Gasteiger partial charge in [-0.25, -0.2) is 0 Å². The monoisotopic (exact) mass is 302 g/mol. The molecule has 1 aliphatic rings. The second-order valence-corrected chi connectivity index (χ2v) is 5.86. The van der Waals surface area contributed by atoms with E-state index < -0.39 is 0 Å². The lowest BCUT2D eigenvalue weighted by atomic mass is 10.0. The normalized spacial score (nSPS) is 18.6. The quantitative estimate of drug-likeness (QED) is 0.821. The van der Waals surface area contributed by atoms with Crippen molar-refractivity contribution in [2.24, 2.45) is 0 Å². The summed E-state index contributed by atoms with van der Waals surface area (Å²) in [5, 5.41) is 3.17. The Balaban J connectivity index is 2.03. The van der Waals surface area contributed by atoms with Gasteiger partial charge in [-0.2, -0.15) is 0 Å². The van der Waals surface area contributed by atoms with Crippen LogP contribution in [0.25, 0.3) is 0 Å². The summed E-state index contributed by atoms with van der Waals surface area (Å²) in [7, 11) is 3.61. The molecule has 0 saturated carbocycles. The predicted molar refractivity (Wildman–Crippen MR) is 89.1 cm³/mol. The van der Waals surface area contributed by atoms with Gasteiger partial charge in [0, 0.05) is 25.2 Å². The van der Waals surface area contributed by atoms with Crippen molar-refractivity contribution in [2.45, 2.75) is 32.2 Å². The van der Waals surface area contributed by atoms with Gasteiger partial charge in [0.25, 0.3) is 0 Å². The van der Waals surface area contributed by atoms with Gasteiger partial charge >= 0.3 is 0 Å². The third-order valence-electron chi connectivity index (χ3n) is 4.13. The summed E-state index contributed by atoms with van der Waals surface area (Å²) in [5.41, 5.74) is 2.17. The summed E-state index contributed by atoms with van der Waals surface area (Å²) in [6.45, 7) is 3.74. The molecule has 1 atom stereocenters. The van der Waals surface area contributed by atoms with Gasteiger partial charge in [-0.15, -0.1) is 0 Å². The van der Waals surface area contributed by atoms with E-state index in [1.807, 2.05) is 43.1 Å². The fourth-order valence-corrected chi connectivity index (χ4v) is 3.07. The number of allylic oxidation sites excluding steroid dienone is 1. The molecule has 0 aromatic heterocycles. The number of likely N-dealkylation sites (tertiary alicyclic amines) is 1. The van der Waals surface area contributed by atoms with E-state index in [9.17, 15) is 4.79 Å². The second-order valence-electron chi connectivity index (χ2n) is 5.86. The van der Waals surface area contributed by atoms with E-state index in [1.165, 1.54) is 0 Å². The van der Waals surface area contributed by atoms with E-state index in [4.69, 9.17) is 4.74 Å². The van der Waals surface area contributed by atoms with E-state index in [0.717, 1.165) is 49.2 Å². The molecule has 1 aromatic rings. The largest absolute Gasteiger partial charge is 0.496 e. The molecule has 1 fully saturated rings. The van der Waals surface area contributed by atoms with Crippen LogP contribution < -0.4 is 10.1 Å². The molecular formula is C18H26N2O2. The first-order valence-corrected chi connectivity index (χ1v) is 7.90. The summed E-state index contributed by atoms with van der Waals surface area (Å²) >= 11 is 0. The van der Waals surface area contributed by atoms with Crippen molar-refractivity contribution in [1.29, 1.82) is 0 Å². The number of benzene rings is 1. The molecule has 0 spiro atoms. The van der Waals surface area contributed by atoms with Crippen LogP contribution in [0.3, 0.4) is 0 Å². The molecule has 0 radical (unpaired) electrons. The summed E-state index contributed by atoms with van der Waals surface area (Å²) in [6.07, 6.45) is 4.70. The Morgan fingerprint density at radius 1 is 1.45 bits per heavy atom. The van der Waals surface area contributed by atoms with Crippen LogP contribution in [0.5, 0.6) is 5.75 Å². The Kier molecular flexibility index (Phi) is 6.01. The van der Waals surface area contributed by atoms with Crippen molar-refractivity contribution in [3.8, 4) is 5.75 Å². The van der Waals surface area contributed by atoms with E-state index in [-0.39, 0.29) is 5.91 Å². The zero-order valence-corrected chi connectivity index (χ0v) is 13.8.